The molecule has 1 fully saturated rings. The number of carbonyl (C=O) groups is 2. The molecule has 2 aromatic carbocycles. The minimum Gasteiger partial charge on any atom is -0.478 e. The predicted molar refractivity (Wildman–Crippen MR) is 84.1 cm³/mol. The van der Waals surface area contributed by atoms with E-state index in [-0.39, 0.29) is 17.3 Å². The second-order valence-electron chi connectivity index (χ2n) is 5.60. The first-order valence-electron chi connectivity index (χ1n) is 7.45. The molecular weight excluding hydrogens is 297 g/mol. The molecule has 0 spiro atoms. The van der Waals surface area contributed by atoms with Gasteiger partial charge in [-0.15, -0.1) is 0 Å². The van der Waals surface area contributed by atoms with Crippen LogP contribution in [0.1, 0.15) is 27.1 Å². The Hall–Kier alpha value is -2.53. The molecule has 0 amide bonds. The Morgan fingerprint density at radius 1 is 1.13 bits per heavy atom. The van der Waals surface area contributed by atoms with Crippen molar-refractivity contribution < 1.29 is 19.1 Å². The number of Topliss-reactive ketones (excluding diaryl/α,β-unsaturated/α-hetero) is 1. The third-order valence-electron chi connectivity index (χ3n) is 4.13. The average molecular weight is 313 g/mol. The maximum absolute atomic E-state index is 13.9. The Labute approximate surface area is 133 Å². The summed E-state index contributed by atoms with van der Waals surface area (Å²) in [7, 11) is 0. The molecule has 1 unspecified atom stereocenters. The standard InChI is InChI=1S/C18H16FNO3/c19-16-9-11(5-6-15(16)18(22)23)13-3-1-2-4-14(13)17(21)12-7-8-20-10-12/h1-6,9,12,20H,7-8,10H2,(H,22,23). The van der Waals surface area contributed by atoms with Crippen LogP contribution in [0.25, 0.3) is 11.1 Å². The highest BCUT2D eigenvalue weighted by Crippen LogP contribution is 2.28. The lowest BCUT2D eigenvalue weighted by Crippen LogP contribution is -2.18. The lowest BCUT2D eigenvalue weighted by Gasteiger charge is -2.13. The molecule has 3 rings (SSSR count). The number of nitrogens with one attached hydrogen (secondary N) is 1. The van der Waals surface area contributed by atoms with Crippen molar-refractivity contribution in [3.05, 3.63) is 59.4 Å². The van der Waals surface area contributed by atoms with Gasteiger partial charge in [-0.1, -0.05) is 30.3 Å². The Balaban J connectivity index is 2.02. The van der Waals surface area contributed by atoms with E-state index >= 15 is 0 Å². The summed E-state index contributed by atoms with van der Waals surface area (Å²) in [6, 6.07) is 11.0. The van der Waals surface area contributed by atoms with Crippen LogP contribution in [0, 0.1) is 11.7 Å². The molecule has 0 saturated carbocycles. The first kappa shape index (κ1) is 15.4. The van der Waals surface area contributed by atoms with Crippen LogP contribution in [0.15, 0.2) is 42.5 Å². The van der Waals surface area contributed by atoms with Crippen LogP contribution in [0.2, 0.25) is 0 Å². The molecule has 2 N–H and O–H groups in total. The zero-order valence-electron chi connectivity index (χ0n) is 12.4. The summed E-state index contributed by atoms with van der Waals surface area (Å²) in [4.78, 5) is 23.6. The van der Waals surface area contributed by atoms with Crippen molar-refractivity contribution in [3.63, 3.8) is 0 Å². The van der Waals surface area contributed by atoms with Crippen LogP contribution < -0.4 is 5.32 Å². The van der Waals surface area contributed by atoms with Crippen LogP contribution in [-0.2, 0) is 0 Å². The molecule has 1 atom stereocenters. The fourth-order valence-electron chi connectivity index (χ4n) is 2.90. The number of hydrogen-bond donors (Lipinski definition) is 2. The van der Waals surface area contributed by atoms with E-state index in [0.717, 1.165) is 13.0 Å². The number of halogens is 1. The van der Waals surface area contributed by atoms with Gasteiger partial charge in [-0.3, -0.25) is 4.79 Å². The van der Waals surface area contributed by atoms with E-state index in [1.807, 2.05) is 0 Å². The number of benzene rings is 2. The van der Waals surface area contributed by atoms with Gasteiger partial charge in [-0.25, -0.2) is 9.18 Å². The van der Waals surface area contributed by atoms with E-state index in [0.29, 0.717) is 23.2 Å². The fraction of sp³-hybridized carbons (Fsp3) is 0.222. The van der Waals surface area contributed by atoms with Gasteiger partial charge in [-0.05, 0) is 36.2 Å². The van der Waals surface area contributed by atoms with Gasteiger partial charge in [0.2, 0.25) is 0 Å². The quantitative estimate of drug-likeness (QED) is 0.852. The van der Waals surface area contributed by atoms with Gasteiger partial charge in [0.15, 0.2) is 5.78 Å². The molecule has 0 aromatic heterocycles. The number of carbonyl (C=O) groups excluding carboxylic acids is 1. The lowest BCUT2D eigenvalue weighted by atomic mass is 9.90. The number of aromatic carboxylic acids is 1. The summed E-state index contributed by atoms with van der Waals surface area (Å²) in [5.74, 6) is -2.15. The van der Waals surface area contributed by atoms with Gasteiger partial charge in [0.25, 0.3) is 0 Å². The predicted octanol–water partition coefficient (Wildman–Crippen LogP) is 2.98. The molecule has 0 bridgehead atoms. The zero-order valence-corrected chi connectivity index (χ0v) is 12.4. The molecule has 1 heterocycles. The Morgan fingerprint density at radius 3 is 2.57 bits per heavy atom. The largest absolute Gasteiger partial charge is 0.478 e. The second kappa shape index (κ2) is 6.30. The molecule has 1 saturated heterocycles. The Kier molecular flexibility index (Phi) is 4.21. The topological polar surface area (TPSA) is 66.4 Å². The molecule has 2 aromatic rings. The summed E-state index contributed by atoms with van der Waals surface area (Å²) >= 11 is 0. The van der Waals surface area contributed by atoms with E-state index in [1.54, 1.807) is 24.3 Å². The normalized spacial score (nSPS) is 17.2. The average Bonchev–Trinajstić information content (AvgIpc) is 3.08. The van der Waals surface area contributed by atoms with Crippen molar-refractivity contribution in [3.8, 4) is 11.1 Å². The third-order valence-corrected chi connectivity index (χ3v) is 4.13. The highest BCUT2D eigenvalue weighted by Gasteiger charge is 2.25. The summed E-state index contributed by atoms with van der Waals surface area (Å²) in [5.41, 5.74) is 1.30. The van der Waals surface area contributed by atoms with Crippen LogP contribution in [0.5, 0.6) is 0 Å². The first-order chi connectivity index (χ1) is 11.1. The van der Waals surface area contributed by atoms with Crippen LogP contribution in [-0.4, -0.2) is 29.9 Å². The maximum Gasteiger partial charge on any atom is 0.338 e. The number of rotatable bonds is 4. The van der Waals surface area contributed by atoms with Crippen molar-refractivity contribution >= 4 is 11.8 Å². The molecule has 0 radical (unpaired) electrons. The van der Waals surface area contributed by atoms with Crippen LogP contribution in [0.4, 0.5) is 4.39 Å². The summed E-state index contributed by atoms with van der Waals surface area (Å²) in [6.45, 7) is 1.47. The minimum absolute atomic E-state index is 0.0355. The zero-order chi connectivity index (χ0) is 16.4. The fourth-order valence-corrected chi connectivity index (χ4v) is 2.90. The highest BCUT2D eigenvalue weighted by molar-refractivity contribution is 6.04. The summed E-state index contributed by atoms with van der Waals surface area (Å²) < 4.78 is 13.9. The first-order valence-corrected chi connectivity index (χ1v) is 7.45. The van der Waals surface area contributed by atoms with Gasteiger partial charge < -0.3 is 10.4 Å². The highest BCUT2D eigenvalue weighted by atomic mass is 19.1. The van der Waals surface area contributed by atoms with Crippen LogP contribution in [0.3, 0.4) is 0 Å². The smallest absolute Gasteiger partial charge is 0.338 e. The molecule has 1 aliphatic heterocycles. The molecule has 5 heteroatoms. The lowest BCUT2D eigenvalue weighted by molar-refractivity contribution is 0.0691. The number of carboxylic acid groups (broad SMARTS) is 1. The number of ketones is 1. The Bertz CT molecular complexity index is 767. The molecule has 118 valence electrons. The SMILES string of the molecule is O=C(O)c1ccc(-c2ccccc2C(=O)C2CCNC2)cc1F. The maximum atomic E-state index is 13.9. The molecule has 0 aliphatic carbocycles. The molecule has 23 heavy (non-hydrogen) atoms. The van der Waals surface area contributed by atoms with Gasteiger partial charge >= 0.3 is 5.97 Å². The summed E-state index contributed by atoms with van der Waals surface area (Å²) in [6.07, 6.45) is 0.791. The minimum atomic E-state index is -1.31. The molecular formula is C18H16FNO3. The van der Waals surface area contributed by atoms with Gasteiger partial charge in [0.05, 0.1) is 5.56 Å². The van der Waals surface area contributed by atoms with Gasteiger partial charge in [0.1, 0.15) is 5.82 Å². The number of carboxylic acids is 1. The van der Waals surface area contributed by atoms with E-state index in [9.17, 15) is 14.0 Å². The second-order valence-corrected chi connectivity index (χ2v) is 5.60. The van der Waals surface area contributed by atoms with Crippen molar-refractivity contribution in [2.24, 2.45) is 5.92 Å². The van der Waals surface area contributed by atoms with E-state index in [2.05, 4.69) is 5.32 Å². The van der Waals surface area contributed by atoms with Crippen molar-refractivity contribution in [2.45, 2.75) is 6.42 Å². The molecule has 4 nitrogen and oxygen atoms in total. The Morgan fingerprint density at radius 2 is 1.91 bits per heavy atom. The number of hydrogen-bond acceptors (Lipinski definition) is 3. The molecule has 1 aliphatic rings. The van der Waals surface area contributed by atoms with E-state index in [4.69, 9.17) is 5.11 Å². The van der Waals surface area contributed by atoms with Crippen molar-refractivity contribution in [1.82, 2.24) is 5.32 Å². The third kappa shape index (κ3) is 3.00. The van der Waals surface area contributed by atoms with Crippen LogP contribution >= 0.6 is 0 Å². The van der Waals surface area contributed by atoms with Gasteiger partial charge in [-0.2, -0.15) is 0 Å². The summed E-state index contributed by atoms with van der Waals surface area (Å²) in [5, 5.41) is 12.1. The van der Waals surface area contributed by atoms with Gasteiger partial charge in [0, 0.05) is 18.0 Å². The monoisotopic (exact) mass is 313 g/mol. The van der Waals surface area contributed by atoms with Crippen molar-refractivity contribution in [2.75, 3.05) is 13.1 Å². The van der Waals surface area contributed by atoms with E-state index in [1.165, 1.54) is 18.2 Å². The van der Waals surface area contributed by atoms with E-state index < -0.39 is 11.8 Å². The van der Waals surface area contributed by atoms with Crippen molar-refractivity contribution in [1.29, 1.82) is 0 Å².